The van der Waals surface area contributed by atoms with Crippen molar-refractivity contribution in [1.29, 1.82) is 0 Å². The van der Waals surface area contributed by atoms with Gasteiger partial charge >= 0.3 is 0 Å². The van der Waals surface area contributed by atoms with Crippen LogP contribution in [-0.2, 0) is 0 Å². The molecule has 6 nitrogen and oxygen atoms in total. The van der Waals surface area contributed by atoms with Gasteiger partial charge < -0.3 is 24.6 Å². The highest BCUT2D eigenvalue weighted by atomic mass is 35.5. The van der Waals surface area contributed by atoms with Crippen LogP contribution in [0.25, 0.3) is 5.69 Å². The summed E-state index contributed by atoms with van der Waals surface area (Å²) in [4.78, 5) is 11.8. The Morgan fingerprint density at radius 1 is 0.933 bits per heavy atom. The SMILES string of the molecule is CCN(CC)c1ccc(-n2c(C)cc([C@@H]3[C@H](c4ccccn4)NC(=S)N3c3ccc(N4C[C@H](C)C[C@H](C)C4)c(Cl)c3)c2C)cc1. The van der Waals surface area contributed by atoms with Crippen molar-refractivity contribution in [3.8, 4) is 5.69 Å². The van der Waals surface area contributed by atoms with Gasteiger partial charge in [0.25, 0.3) is 0 Å². The quantitative estimate of drug-likeness (QED) is 0.194. The minimum Gasteiger partial charge on any atom is -0.372 e. The summed E-state index contributed by atoms with van der Waals surface area (Å²) >= 11 is 13.1. The van der Waals surface area contributed by atoms with Gasteiger partial charge in [0.1, 0.15) is 0 Å². The molecule has 8 heteroatoms. The Kier molecular flexibility index (Phi) is 9.12. The highest BCUT2D eigenvalue weighted by Crippen LogP contribution is 2.45. The maximum Gasteiger partial charge on any atom is 0.174 e. The van der Waals surface area contributed by atoms with E-state index in [2.05, 4.69) is 121 Å². The average molecular weight is 641 g/mol. The van der Waals surface area contributed by atoms with Gasteiger partial charge in [0.15, 0.2) is 5.11 Å². The summed E-state index contributed by atoms with van der Waals surface area (Å²) in [5.41, 5.74) is 9.01. The zero-order valence-electron chi connectivity index (χ0n) is 27.3. The number of thiocarbonyl (C=S) groups is 1. The van der Waals surface area contributed by atoms with Gasteiger partial charge in [0.2, 0.25) is 0 Å². The monoisotopic (exact) mass is 640 g/mol. The fourth-order valence-corrected chi connectivity index (χ4v) is 8.24. The number of hydrogen-bond donors (Lipinski definition) is 1. The summed E-state index contributed by atoms with van der Waals surface area (Å²) in [6.45, 7) is 17.5. The summed E-state index contributed by atoms with van der Waals surface area (Å²) in [5, 5.41) is 5.07. The maximum atomic E-state index is 7.08. The Labute approximate surface area is 279 Å². The van der Waals surface area contributed by atoms with Gasteiger partial charge in [-0.25, -0.2) is 0 Å². The minimum atomic E-state index is -0.125. The molecule has 0 radical (unpaired) electrons. The number of aryl methyl sites for hydroxylation is 1. The smallest absolute Gasteiger partial charge is 0.174 e. The molecule has 0 unspecified atom stereocenters. The first-order valence-corrected chi connectivity index (χ1v) is 17.1. The number of nitrogens with one attached hydrogen (secondary N) is 1. The zero-order valence-corrected chi connectivity index (χ0v) is 28.9. The van der Waals surface area contributed by atoms with E-state index in [-0.39, 0.29) is 12.1 Å². The molecule has 0 aliphatic carbocycles. The van der Waals surface area contributed by atoms with Gasteiger partial charge in [-0.3, -0.25) is 4.98 Å². The van der Waals surface area contributed by atoms with Gasteiger partial charge in [-0.2, -0.15) is 0 Å². The molecule has 6 rings (SSSR count). The summed E-state index contributed by atoms with van der Waals surface area (Å²) in [6.07, 6.45) is 3.11. The molecule has 236 valence electrons. The number of aromatic nitrogens is 2. The molecule has 2 aromatic carbocycles. The van der Waals surface area contributed by atoms with Crippen LogP contribution in [0, 0.1) is 25.7 Å². The molecule has 0 saturated carbocycles. The van der Waals surface area contributed by atoms with Crippen LogP contribution in [0.2, 0.25) is 5.02 Å². The number of rotatable bonds is 8. The molecule has 0 bridgehead atoms. The van der Waals surface area contributed by atoms with Crippen LogP contribution in [0.5, 0.6) is 0 Å². The lowest BCUT2D eigenvalue weighted by molar-refractivity contribution is 0.357. The van der Waals surface area contributed by atoms with E-state index >= 15 is 0 Å². The van der Waals surface area contributed by atoms with Crippen LogP contribution < -0.4 is 20.0 Å². The molecule has 2 aromatic heterocycles. The van der Waals surface area contributed by atoms with Gasteiger partial charge in [0.05, 0.1) is 28.5 Å². The van der Waals surface area contributed by atoms with Crippen LogP contribution in [0.4, 0.5) is 17.1 Å². The van der Waals surface area contributed by atoms with Gasteiger partial charge in [-0.15, -0.1) is 0 Å². The third-order valence-electron chi connectivity index (χ3n) is 9.54. The van der Waals surface area contributed by atoms with Crippen molar-refractivity contribution in [2.24, 2.45) is 11.8 Å². The highest BCUT2D eigenvalue weighted by Gasteiger charge is 2.42. The molecule has 2 aliphatic heterocycles. The van der Waals surface area contributed by atoms with Crippen molar-refractivity contribution in [2.75, 3.05) is 40.9 Å². The standard InChI is InChI=1S/C37H45ClN6S/c1-7-41(8-2)28-12-14-29(15-13-28)43-26(5)20-31(27(43)6)36-35(33-11-9-10-18-39-33)40-37(45)44(36)30-16-17-34(32(38)21-30)42-22-24(3)19-25(4)23-42/h9-18,20-21,24-25,35-36H,7-8,19,22-23H2,1-6H3,(H,40,45)/t24-,25+,35-,36+/m0/s1. The number of benzene rings is 2. The first kappa shape index (κ1) is 31.4. The normalized spacial score (nSPS) is 21.7. The summed E-state index contributed by atoms with van der Waals surface area (Å²) in [5.74, 6) is 1.29. The molecule has 1 N–H and O–H groups in total. The molecule has 2 saturated heterocycles. The van der Waals surface area contributed by atoms with E-state index in [1.165, 1.54) is 29.1 Å². The molecule has 4 aromatic rings. The third-order valence-corrected chi connectivity index (χ3v) is 10.2. The largest absolute Gasteiger partial charge is 0.372 e. The summed E-state index contributed by atoms with van der Waals surface area (Å²) in [7, 11) is 0. The third kappa shape index (κ3) is 6.05. The van der Waals surface area contributed by atoms with E-state index in [1.54, 1.807) is 0 Å². The first-order chi connectivity index (χ1) is 21.7. The number of pyridine rings is 1. The van der Waals surface area contributed by atoms with E-state index in [4.69, 9.17) is 28.8 Å². The number of halogens is 1. The number of nitrogens with zero attached hydrogens (tertiary/aromatic N) is 5. The fraction of sp³-hybridized carbons (Fsp3) is 0.405. The second-order valence-corrected chi connectivity index (χ2v) is 13.6. The van der Waals surface area contributed by atoms with Gasteiger partial charge in [-0.05, 0) is 124 Å². The fourth-order valence-electron chi connectivity index (χ4n) is 7.60. The number of piperidine rings is 1. The molecule has 2 aliphatic rings. The zero-order chi connectivity index (χ0) is 31.8. The molecule has 0 amide bonds. The second kappa shape index (κ2) is 13.1. The Hall–Kier alpha value is -3.55. The second-order valence-electron chi connectivity index (χ2n) is 12.8. The van der Waals surface area contributed by atoms with E-state index in [1.807, 2.05) is 18.3 Å². The van der Waals surface area contributed by atoms with Crippen molar-refractivity contribution in [2.45, 2.75) is 60.0 Å². The lowest BCUT2D eigenvalue weighted by atomic mass is 9.91. The van der Waals surface area contributed by atoms with E-state index < -0.39 is 0 Å². The van der Waals surface area contributed by atoms with Crippen LogP contribution in [0.1, 0.15) is 68.8 Å². The molecule has 45 heavy (non-hydrogen) atoms. The van der Waals surface area contributed by atoms with Gasteiger partial charge in [-0.1, -0.05) is 31.5 Å². The average Bonchev–Trinajstić information content (AvgIpc) is 3.52. The molecule has 2 fully saturated rings. The molecular formula is C37H45ClN6S. The van der Waals surface area contributed by atoms with Crippen LogP contribution in [-0.4, -0.2) is 40.8 Å². The Morgan fingerprint density at radius 2 is 1.62 bits per heavy atom. The van der Waals surface area contributed by atoms with E-state index in [9.17, 15) is 0 Å². The van der Waals surface area contributed by atoms with Crippen molar-refractivity contribution < 1.29 is 0 Å². The Balaban J connectivity index is 1.41. The van der Waals surface area contributed by atoms with E-state index in [0.717, 1.165) is 54.0 Å². The first-order valence-electron chi connectivity index (χ1n) is 16.3. The van der Waals surface area contributed by atoms with Crippen LogP contribution in [0.15, 0.2) is 72.9 Å². The lowest BCUT2D eigenvalue weighted by Crippen LogP contribution is -2.38. The number of anilines is 3. The van der Waals surface area contributed by atoms with Crippen LogP contribution in [0.3, 0.4) is 0 Å². The predicted molar refractivity (Wildman–Crippen MR) is 193 cm³/mol. The summed E-state index contributed by atoms with van der Waals surface area (Å²) < 4.78 is 2.35. The maximum absolute atomic E-state index is 7.08. The molecule has 0 spiro atoms. The van der Waals surface area contributed by atoms with Crippen molar-refractivity contribution >= 4 is 46.0 Å². The molecule has 4 atom stereocenters. The van der Waals surface area contributed by atoms with Crippen molar-refractivity contribution in [3.05, 3.63) is 101 Å². The van der Waals surface area contributed by atoms with Crippen molar-refractivity contribution in [3.63, 3.8) is 0 Å². The topological polar surface area (TPSA) is 39.6 Å². The molecule has 4 heterocycles. The van der Waals surface area contributed by atoms with E-state index in [0.29, 0.717) is 16.9 Å². The Bertz CT molecular complexity index is 1640. The van der Waals surface area contributed by atoms with Gasteiger partial charge in [0, 0.05) is 60.8 Å². The number of hydrogen-bond acceptors (Lipinski definition) is 4. The van der Waals surface area contributed by atoms with Crippen LogP contribution >= 0.6 is 23.8 Å². The minimum absolute atomic E-state index is 0.112. The Morgan fingerprint density at radius 3 is 2.24 bits per heavy atom. The lowest BCUT2D eigenvalue weighted by Gasteiger charge is -2.37. The predicted octanol–water partition coefficient (Wildman–Crippen LogP) is 8.65. The summed E-state index contributed by atoms with van der Waals surface area (Å²) in [6, 6.07) is 23.5. The highest BCUT2D eigenvalue weighted by molar-refractivity contribution is 7.80. The molecular weight excluding hydrogens is 596 g/mol. The van der Waals surface area contributed by atoms with Crippen molar-refractivity contribution in [1.82, 2.24) is 14.9 Å².